The molecule has 1 aromatic carbocycles. The Balaban J connectivity index is 2.49. The highest BCUT2D eigenvalue weighted by Crippen LogP contribution is 2.36. The number of carbonyl (C=O) groups excluding carboxylic acids is 1. The maximum absolute atomic E-state index is 12.2. The van der Waals surface area contributed by atoms with E-state index in [1.165, 1.54) is 5.56 Å². The van der Waals surface area contributed by atoms with Gasteiger partial charge >= 0.3 is 0 Å². The highest BCUT2D eigenvalue weighted by Gasteiger charge is 2.27. The number of benzene rings is 1. The van der Waals surface area contributed by atoms with Crippen LogP contribution in [-0.4, -0.2) is 18.3 Å². The minimum atomic E-state index is 0.220. The van der Waals surface area contributed by atoms with Gasteiger partial charge in [0, 0.05) is 21.8 Å². The van der Waals surface area contributed by atoms with E-state index in [4.69, 9.17) is 0 Å². The lowest BCUT2D eigenvalue weighted by atomic mass is 10.1. The molecule has 0 aliphatic heterocycles. The Morgan fingerprint density at radius 1 is 1.25 bits per heavy atom. The number of carbonyl (C=O) groups is 1. The summed E-state index contributed by atoms with van der Waals surface area (Å²) in [6, 6.07) is 6.16. The first-order chi connectivity index (χ1) is 7.67. The van der Waals surface area contributed by atoms with Crippen molar-refractivity contribution in [1.29, 1.82) is 0 Å². The van der Waals surface area contributed by atoms with Crippen LogP contribution in [0.4, 0.5) is 0 Å². The van der Waals surface area contributed by atoms with Crippen LogP contribution in [0.2, 0.25) is 0 Å². The molecule has 1 aliphatic carbocycles. The van der Waals surface area contributed by atoms with Gasteiger partial charge in [-0.15, -0.1) is 23.5 Å². The van der Waals surface area contributed by atoms with Crippen LogP contribution in [0.3, 0.4) is 0 Å². The molecule has 0 saturated heterocycles. The molecule has 0 N–H and O–H groups in total. The predicted octanol–water partition coefficient (Wildman–Crippen LogP) is 3.67. The molecule has 0 aromatic heterocycles. The van der Waals surface area contributed by atoms with Crippen LogP contribution in [-0.2, 0) is 6.42 Å². The summed E-state index contributed by atoms with van der Waals surface area (Å²) in [6.07, 6.45) is 4.85. The maximum Gasteiger partial charge on any atom is 0.191 e. The van der Waals surface area contributed by atoms with E-state index in [2.05, 4.69) is 12.1 Å². The third-order valence-electron chi connectivity index (χ3n) is 2.77. The van der Waals surface area contributed by atoms with Crippen molar-refractivity contribution in [3.8, 4) is 0 Å². The molecule has 0 amide bonds. The Bertz CT molecular complexity index is 469. The quantitative estimate of drug-likeness (QED) is 0.745. The minimum absolute atomic E-state index is 0.220. The zero-order valence-corrected chi connectivity index (χ0v) is 11.3. The van der Waals surface area contributed by atoms with E-state index in [0.29, 0.717) is 0 Å². The van der Waals surface area contributed by atoms with Gasteiger partial charge in [-0.2, -0.15) is 0 Å². The average molecular weight is 250 g/mol. The Labute approximate surface area is 105 Å². The van der Waals surface area contributed by atoms with Crippen LogP contribution in [0.15, 0.2) is 28.0 Å². The predicted molar refractivity (Wildman–Crippen MR) is 73.3 cm³/mol. The standard InChI is InChI=1S/C13H14OS2/c1-8-4-5-9-7-11(13(15-2)16-3)12(14)10(9)6-8/h4-6H,7H2,1-3H3. The first kappa shape index (κ1) is 11.8. The monoisotopic (exact) mass is 250 g/mol. The fraction of sp³-hybridized carbons (Fsp3) is 0.308. The molecule has 0 heterocycles. The molecular formula is C13H14OS2. The number of ketones is 1. The van der Waals surface area contributed by atoms with Crippen LogP contribution < -0.4 is 0 Å². The molecule has 0 spiro atoms. The Kier molecular flexibility index (Phi) is 3.45. The smallest absolute Gasteiger partial charge is 0.191 e. The molecule has 84 valence electrons. The molecule has 1 aliphatic rings. The number of fused-ring (bicyclic) bond motifs is 1. The summed E-state index contributed by atoms with van der Waals surface area (Å²) in [6.45, 7) is 2.03. The first-order valence-electron chi connectivity index (χ1n) is 5.12. The minimum Gasteiger partial charge on any atom is -0.289 e. The third kappa shape index (κ3) is 1.94. The fourth-order valence-electron chi connectivity index (χ4n) is 1.98. The summed E-state index contributed by atoms with van der Waals surface area (Å²) >= 11 is 3.33. The van der Waals surface area contributed by atoms with Gasteiger partial charge in [0.1, 0.15) is 0 Å². The Hall–Kier alpha value is -0.670. The number of hydrogen-bond donors (Lipinski definition) is 0. The lowest BCUT2D eigenvalue weighted by Crippen LogP contribution is -1.97. The third-order valence-corrected chi connectivity index (χ3v) is 5.00. The van der Waals surface area contributed by atoms with Crippen molar-refractivity contribution >= 4 is 29.3 Å². The largest absolute Gasteiger partial charge is 0.289 e. The zero-order valence-electron chi connectivity index (χ0n) is 9.66. The SMILES string of the molecule is CSC(SC)=C1Cc2ccc(C)cc2C1=O. The molecule has 3 heteroatoms. The second-order valence-corrected chi connectivity index (χ2v) is 5.73. The van der Waals surface area contributed by atoms with Crippen LogP contribution in [0.25, 0.3) is 0 Å². The molecule has 0 saturated carbocycles. The molecule has 1 nitrogen and oxygen atoms in total. The average Bonchev–Trinajstić information content (AvgIpc) is 2.59. The molecule has 0 atom stereocenters. The molecule has 0 radical (unpaired) electrons. The number of Topliss-reactive ketones (excluding diaryl/α,β-unsaturated/α-hetero) is 1. The summed E-state index contributed by atoms with van der Waals surface area (Å²) < 4.78 is 1.15. The highest BCUT2D eigenvalue weighted by atomic mass is 32.2. The lowest BCUT2D eigenvalue weighted by molar-refractivity contribution is 0.103. The number of hydrogen-bond acceptors (Lipinski definition) is 3. The summed E-state index contributed by atoms with van der Waals surface area (Å²) in [5.41, 5.74) is 4.20. The van der Waals surface area contributed by atoms with Gasteiger partial charge in [0.15, 0.2) is 5.78 Å². The first-order valence-corrected chi connectivity index (χ1v) is 7.57. The van der Waals surface area contributed by atoms with E-state index in [0.717, 1.165) is 27.4 Å². The van der Waals surface area contributed by atoms with Gasteiger partial charge in [0.05, 0.1) is 0 Å². The van der Waals surface area contributed by atoms with E-state index >= 15 is 0 Å². The molecule has 0 bridgehead atoms. The van der Waals surface area contributed by atoms with E-state index in [1.807, 2.05) is 25.5 Å². The maximum atomic E-state index is 12.2. The number of aryl methyl sites for hydroxylation is 1. The summed E-state index contributed by atoms with van der Waals surface area (Å²) in [5.74, 6) is 0.220. The topological polar surface area (TPSA) is 17.1 Å². The Morgan fingerprint density at radius 3 is 2.56 bits per heavy atom. The highest BCUT2D eigenvalue weighted by molar-refractivity contribution is 8.21. The van der Waals surface area contributed by atoms with Gasteiger partial charge in [-0.3, -0.25) is 4.79 Å². The number of allylic oxidation sites excluding steroid dienone is 1. The van der Waals surface area contributed by atoms with Crippen LogP contribution in [0.5, 0.6) is 0 Å². The van der Waals surface area contributed by atoms with Crippen molar-refractivity contribution in [2.45, 2.75) is 13.3 Å². The Morgan fingerprint density at radius 2 is 1.94 bits per heavy atom. The van der Waals surface area contributed by atoms with Gasteiger partial charge in [0.25, 0.3) is 0 Å². The van der Waals surface area contributed by atoms with Crippen molar-refractivity contribution in [2.24, 2.45) is 0 Å². The molecule has 2 rings (SSSR count). The van der Waals surface area contributed by atoms with Gasteiger partial charge in [0.2, 0.25) is 0 Å². The van der Waals surface area contributed by atoms with E-state index in [-0.39, 0.29) is 5.78 Å². The second-order valence-electron chi connectivity index (χ2n) is 3.84. The van der Waals surface area contributed by atoms with Gasteiger partial charge < -0.3 is 0 Å². The van der Waals surface area contributed by atoms with E-state index in [1.54, 1.807) is 23.5 Å². The fourth-order valence-corrected chi connectivity index (χ4v) is 3.47. The van der Waals surface area contributed by atoms with Crippen molar-refractivity contribution < 1.29 is 4.79 Å². The van der Waals surface area contributed by atoms with Crippen LogP contribution >= 0.6 is 23.5 Å². The molecule has 0 fully saturated rings. The summed E-state index contributed by atoms with van der Waals surface area (Å²) in [4.78, 5) is 12.2. The van der Waals surface area contributed by atoms with Crippen molar-refractivity contribution in [3.05, 3.63) is 44.7 Å². The molecule has 1 aromatic rings. The molecule has 0 unspecified atom stereocenters. The van der Waals surface area contributed by atoms with Crippen LogP contribution in [0.1, 0.15) is 21.5 Å². The van der Waals surface area contributed by atoms with Gasteiger partial charge in [-0.1, -0.05) is 17.7 Å². The number of thioether (sulfide) groups is 2. The zero-order chi connectivity index (χ0) is 11.7. The normalized spacial score (nSPS) is 14.2. The van der Waals surface area contributed by atoms with Crippen LogP contribution in [0, 0.1) is 6.92 Å². The van der Waals surface area contributed by atoms with Crippen molar-refractivity contribution in [1.82, 2.24) is 0 Å². The van der Waals surface area contributed by atoms with E-state index < -0.39 is 0 Å². The van der Waals surface area contributed by atoms with Gasteiger partial charge in [-0.05, 0) is 31.1 Å². The van der Waals surface area contributed by atoms with Crippen molar-refractivity contribution in [2.75, 3.05) is 12.5 Å². The summed E-state index contributed by atoms with van der Waals surface area (Å²) in [5, 5.41) is 0. The number of rotatable bonds is 2. The lowest BCUT2D eigenvalue weighted by Gasteiger charge is -2.02. The molecular weight excluding hydrogens is 236 g/mol. The van der Waals surface area contributed by atoms with E-state index in [9.17, 15) is 4.79 Å². The molecule has 16 heavy (non-hydrogen) atoms. The van der Waals surface area contributed by atoms with Crippen molar-refractivity contribution in [3.63, 3.8) is 0 Å². The summed E-state index contributed by atoms with van der Waals surface area (Å²) in [7, 11) is 0. The van der Waals surface area contributed by atoms with Gasteiger partial charge in [-0.25, -0.2) is 0 Å². The second kappa shape index (κ2) is 4.68.